The van der Waals surface area contributed by atoms with E-state index < -0.39 is 0 Å². The first-order valence-electron chi connectivity index (χ1n) is 6.07. The molecular formula is C12H17N5O2. The van der Waals surface area contributed by atoms with Crippen LogP contribution in [0.25, 0.3) is 11.2 Å². The van der Waals surface area contributed by atoms with Gasteiger partial charge in [0.05, 0.1) is 7.11 Å². The highest BCUT2D eigenvalue weighted by Crippen LogP contribution is 2.19. The molecule has 0 radical (unpaired) electrons. The van der Waals surface area contributed by atoms with Gasteiger partial charge in [0.25, 0.3) is 0 Å². The number of carbonyl (C=O) groups excluding carboxylic acids is 1. The molecule has 2 aromatic heterocycles. The lowest BCUT2D eigenvalue weighted by molar-refractivity contribution is -0.118. The van der Waals surface area contributed by atoms with E-state index in [0.717, 1.165) is 18.4 Å². The molecule has 2 rings (SSSR count). The van der Waals surface area contributed by atoms with E-state index in [1.54, 1.807) is 13.2 Å². The molecule has 7 nitrogen and oxygen atoms in total. The first kappa shape index (κ1) is 13.1. The molecule has 2 heterocycles. The Balaban J connectivity index is 2.16. The van der Waals surface area contributed by atoms with Crippen molar-refractivity contribution in [1.29, 1.82) is 0 Å². The van der Waals surface area contributed by atoms with Crippen molar-refractivity contribution in [2.24, 2.45) is 5.73 Å². The third kappa shape index (κ3) is 2.93. The molecule has 0 aliphatic rings. The number of anilines is 1. The quantitative estimate of drug-likeness (QED) is 0.745. The number of nitrogen functional groups attached to an aromatic ring is 1. The minimum atomic E-state index is -0.289. The van der Waals surface area contributed by atoms with Crippen LogP contribution < -0.4 is 16.2 Å². The summed E-state index contributed by atoms with van der Waals surface area (Å²) < 4.78 is 6.91. The van der Waals surface area contributed by atoms with Gasteiger partial charge in [-0.1, -0.05) is 0 Å². The average molecular weight is 263 g/mol. The maximum absolute atomic E-state index is 10.7. The van der Waals surface area contributed by atoms with Crippen molar-refractivity contribution in [3.05, 3.63) is 12.1 Å². The van der Waals surface area contributed by atoms with Gasteiger partial charge in [0.1, 0.15) is 5.52 Å². The summed E-state index contributed by atoms with van der Waals surface area (Å²) in [5.74, 6) is 0.642. The number of carbonyl (C=O) groups is 1. The van der Waals surface area contributed by atoms with Crippen LogP contribution >= 0.6 is 0 Å². The third-order valence-corrected chi connectivity index (χ3v) is 2.86. The van der Waals surface area contributed by atoms with Crippen molar-refractivity contribution in [2.45, 2.75) is 25.8 Å². The van der Waals surface area contributed by atoms with Crippen molar-refractivity contribution < 1.29 is 9.53 Å². The Kier molecular flexibility index (Phi) is 3.84. The molecule has 7 heteroatoms. The molecule has 0 aliphatic heterocycles. The van der Waals surface area contributed by atoms with E-state index in [2.05, 4.69) is 9.97 Å². The van der Waals surface area contributed by atoms with Crippen LogP contribution in [0.15, 0.2) is 12.1 Å². The highest BCUT2D eigenvalue weighted by molar-refractivity contribution is 5.75. The Labute approximate surface area is 110 Å². The number of rotatable bonds is 6. The van der Waals surface area contributed by atoms with E-state index >= 15 is 0 Å². The Hall–Kier alpha value is -2.31. The second kappa shape index (κ2) is 5.55. The summed E-state index contributed by atoms with van der Waals surface area (Å²) in [6.07, 6.45) is 1.89. The molecule has 0 aliphatic carbocycles. The second-order valence-corrected chi connectivity index (χ2v) is 4.24. The number of primary amides is 1. The van der Waals surface area contributed by atoms with Crippen molar-refractivity contribution in [3.63, 3.8) is 0 Å². The van der Waals surface area contributed by atoms with Gasteiger partial charge in [0, 0.05) is 19.0 Å². The smallest absolute Gasteiger partial charge is 0.217 e. The summed E-state index contributed by atoms with van der Waals surface area (Å²) in [4.78, 5) is 19.2. The van der Waals surface area contributed by atoms with Gasteiger partial charge >= 0.3 is 0 Å². The predicted octanol–water partition coefficient (Wildman–Crippen LogP) is 0.678. The fourth-order valence-electron chi connectivity index (χ4n) is 1.91. The van der Waals surface area contributed by atoms with Crippen molar-refractivity contribution >= 4 is 23.0 Å². The van der Waals surface area contributed by atoms with Gasteiger partial charge in [0.2, 0.25) is 17.7 Å². The molecule has 0 saturated carbocycles. The van der Waals surface area contributed by atoms with E-state index in [9.17, 15) is 4.79 Å². The van der Waals surface area contributed by atoms with Crippen LogP contribution in [0.3, 0.4) is 0 Å². The molecule has 102 valence electrons. The molecule has 0 bridgehead atoms. The maximum Gasteiger partial charge on any atom is 0.217 e. The predicted molar refractivity (Wildman–Crippen MR) is 71.5 cm³/mol. The van der Waals surface area contributed by atoms with E-state index in [1.807, 2.05) is 10.6 Å². The fourth-order valence-corrected chi connectivity index (χ4v) is 1.91. The highest BCUT2D eigenvalue weighted by atomic mass is 16.5. The van der Waals surface area contributed by atoms with Crippen LogP contribution in [0.2, 0.25) is 0 Å². The summed E-state index contributed by atoms with van der Waals surface area (Å²) in [7, 11) is 1.56. The summed E-state index contributed by atoms with van der Waals surface area (Å²) in [5, 5.41) is 0. The highest BCUT2D eigenvalue weighted by Gasteiger charge is 2.10. The molecule has 0 fully saturated rings. The number of imidazole rings is 1. The molecule has 0 spiro atoms. The normalized spacial score (nSPS) is 10.8. The van der Waals surface area contributed by atoms with Crippen LogP contribution in [0.5, 0.6) is 5.88 Å². The van der Waals surface area contributed by atoms with Crippen LogP contribution in [0, 0.1) is 0 Å². The number of hydrogen-bond donors (Lipinski definition) is 2. The number of ether oxygens (including phenoxy) is 1. The number of aryl methyl sites for hydroxylation is 1. The second-order valence-electron chi connectivity index (χ2n) is 4.24. The van der Waals surface area contributed by atoms with Crippen molar-refractivity contribution in [3.8, 4) is 5.88 Å². The Morgan fingerprint density at radius 2 is 2.16 bits per heavy atom. The fraction of sp³-hybridized carbons (Fsp3) is 0.417. The maximum atomic E-state index is 10.7. The average Bonchev–Trinajstić information content (AvgIpc) is 2.69. The van der Waals surface area contributed by atoms with Crippen LogP contribution in [0.1, 0.15) is 19.3 Å². The molecule has 0 aromatic carbocycles. The Morgan fingerprint density at radius 1 is 1.37 bits per heavy atom. The first-order valence-corrected chi connectivity index (χ1v) is 6.07. The monoisotopic (exact) mass is 263 g/mol. The topological polar surface area (TPSA) is 109 Å². The van der Waals surface area contributed by atoms with Gasteiger partial charge in [-0.15, -0.1) is 0 Å². The van der Waals surface area contributed by atoms with Gasteiger partial charge in [-0.3, -0.25) is 9.36 Å². The summed E-state index contributed by atoms with van der Waals surface area (Å²) in [6, 6.07) is 3.56. The van der Waals surface area contributed by atoms with Gasteiger partial charge in [0.15, 0.2) is 5.65 Å². The number of nitrogens with two attached hydrogens (primary N) is 2. The van der Waals surface area contributed by atoms with E-state index in [-0.39, 0.29) is 5.91 Å². The van der Waals surface area contributed by atoms with Gasteiger partial charge < -0.3 is 16.2 Å². The van der Waals surface area contributed by atoms with E-state index in [1.165, 1.54) is 0 Å². The van der Waals surface area contributed by atoms with Gasteiger partial charge in [-0.25, -0.2) is 4.98 Å². The van der Waals surface area contributed by atoms with Crippen LogP contribution in [0.4, 0.5) is 5.95 Å². The molecule has 4 N–H and O–H groups in total. The Morgan fingerprint density at radius 3 is 2.84 bits per heavy atom. The molecule has 2 aromatic rings. The van der Waals surface area contributed by atoms with Crippen molar-refractivity contribution in [1.82, 2.24) is 14.5 Å². The number of amides is 1. The van der Waals surface area contributed by atoms with E-state index in [0.29, 0.717) is 30.4 Å². The zero-order valence-electron chi connectivity index (χ0n) is 10.8. The molecule has 0 saturated heterocycles. The largest absolute Gasteiger partial charge is 0.481 e. The number of unbranched alkanes of at least 4 members (excludes halogenated alkanes) is 1. The standard InChI is InChI=1S/C12H17N5O2/c1-19-10-6-5-8-11(16-10)17(12(14)15-8)7-3-2-4-9(13)18/h5-6H,2-4,7H2,1H3,(H2,13,18)(H2,14,15). The number of pyridine rings is 1. The molecule has 0 unspecified atom stereocenters. The number of nitrogens with zero attached hydrogens (tertiary/aromatic N) is 3. The summed E-state index contributed by atoms with van der Waals surface area (Å²) in [5.41, 5.74) is 12.4. The Bertz CT molecular complexity index is 593. The lowest BCUT2D eigenvalue weighted by atomic mass is 10.2. The SMILES string of the molecule is COc1ccc2nc(N)n(CCCCC(N)=O)c2n1. The number of hydrogen-bond acceptors (Lipinski definition) is 5. The third-order valence-electron chi connectivity index (χ3n) is 2.86. The number of methoxy groups -OCH3 is 1. The van der Waals surface area contributed by atoms with E-state index in [4.69, 9.17) is 16.2 Å². The van der Waals surface area contributed by atoms with Crippen LogP contribution in [-0.2, 0) is 11.3 Å². The van der Waals surface area contributed by atoms with Gasteiger partial charge in [-0.05, 0) is 18.9 Å². The lowest BCUT2D eigenvalue weighted by Crippen LogP contribution is -2.10. The number of fused-ring (bicyclic) bond motifs is 1. The molecule has 19 heavy (non-hydrogen) atoms. The zero-order chi connectivity index (χ0) is 13.8. The van der Waals surface area contributed by atoms with Crippen molar-refractivity contribution in [2.75, 3.05) is 12.8 Å². The van der Waals surface area contributed by atoms with Gasteiger partial charge in [-0.2, -0.15) is 4.98 Å². The minimum Gasteiger partial charge on any atom is -0.481 e. The molecular weight excluding hydrogens is 246 g/mol. The minimum absolute atomic E-state index is 0.289. The van der Waals surface area contributed by atoms with Crippen LogP contribution in [-0.4, -0.2) is 27.6 Å². The zero-order valence-corrected chi connectivity index (χ0v) is 10.8. The summed E-state index contributed by atoms with van der Waals surface area (Å²) >= 11 is 0. The molecule has 0 atom stereocenters. The first-order chi connectivity index (χ1) is 9.11. The molecule has 1 amide bonds. The number of aromatic nitrogens is 3. The lowest BCUT2D eigenvalue weighted by Gasteiger charge is -2.05. The summed E-state index contributed by atoms with van der Waals surface area (Å²) in [6.45, 7) is 0.649.